The maximum atomic E-state index is 13.5. The molecule has 2 aliphatic rings. The van der Waals surface area contributed by atoms with Crippen LogP contribution in [0.25, 0.3) is 17.2 Å². The molecule has 0 spiro atoms. The van der Waals surface area contributed by atoms with Crippen LogP contribution in [0.2, 0.25) is 0 Å². The molecule has 0 aliphatic heterocycles. The number of pyridine rings is 1. The van der Waals surface area contributed by atoms with E-state index in [-0.39, 0.29) is 11.8 Å². The highest BCUT2D eigenvalue weighted by atomic mass is 32.1. The van der Waals surface area contributed by atoms with Crippen molar-refractivity contribution < 1.29 is 13.9 Å². The number of rotatable bonds is 7. The molecule has 4 rings (SSSR count). The van der Waals surface area contributed by atoms with E-state index in [9.17, 15) is 4.39 Å². The Morgan fingerprint density at radius 3 is 2.81 bits per heavy atom. The molecule has 3 nitrogen and oxygen atoms in total. The molecule has 4 atom stereocenters. The van der Waals surface area contributed by atoms with Crippen LogP contribution < -0.4 is 0 Å². The third-order valence-corrected chi connectivity index (χ3v) is 6.84. The number of hydrogen-bond acceptors (Lipinski definition) is 4. The Bertz CT molecular complexity index is 987. The summed E-state index contributed by atoms with van der Waals surface area (Å²) < 4.78 is 24.6. The Hall–Kier alpha value is -2.53. The molecule has 0 bridgehead atoms. The first kappa shape index (κ1) is 22.7. The Morgan fingerprint density at radius 2 is 2.06 bits per heavy atom. The second kappa shape index (κ2) is 10.4. The molecule has 2 fully saturated rings. The molecule has 32 heavy (non-hydrogen) atoms. The van der Waals surface area contributed by atoms with Crippen molar-refractivity contribution in [3.63, 3.8) is 0 Å². The van der Waals surface area contributed by atoms with Gasteiger partial charge in [0.2, 0.25) is 0 Å². The molecule has 1 heterocycles. The van der Waals surface area contributed by atoms with Crippen LogP contribution in [0.4, 0.5) is 4.39 Å². The van der Waals surface area contributed by atoms with Crippen molar-refractivity contribution in [2.45, 2.75) is 39.0 Å². The Kier molecular flexibility index (Phi) is 7.36. The van der Waals surface area contributed by atoms with Crippen LogP contribution in [0.5, 0.6) is 0 Å². The molecule has 1 aromatic heterocycles. The van der Waals surface area contributed by atoms with Gasteiger partial charge in [-0.25, -0.2) is 4.39 Å². The number of fused-ring (bicyclic) bond motifs is 1. The van der Waals surface area contributed by atoms with Crippen LogP contribution in [0, 0.1) is 29.5 Å². The monoisotopic (exact) mass is 451 g/mol. The normalized spacial score (nSPS) is 24.8. The van der Waals surface area contributed by atoms with Crippen LogP contribution in [-0.2, 0) is 9.47 Å². The minimum absolute atomic E-state index is 0.239. The molecule has 2 aliphatic carbocycles. The van der Waals surface area contributed by atoms with Crippen molar-refractivity contribution in [2.75, 3.05) is 6.61 Å². The van der Waals surface area contributed by atoms with Gasteiger partial charge >= 0.3 is 0 Å². The zero-order chi connectivity index (χ0) is 22.5. The SMILES string of the molecule is C=C(OC[C@H]1C[C@H]2CCCC[C@H]2[C@@H]1/C=C/c1ccc(-c2cccc(F)c2)cn1)OC(C)=S. The molecule has 1 aromatic carbocycles. The summed E-state index contributed by atoms with van der Waals surface area (Å²) in [5.41, 5.74) is 2.65. The van der Waals surface area contributed by atoms with Crippen molar-refractivity contribution in [1.82, 2.24) is 4.98 Å². The molecule has 0 unspecified atom stereocenters. The molecule has 168 valence electrons. The molecule has 0 saturated heterocycles. The lowest BCUT2D eigenvalue weighted by molar-refractivity contribution is 0.0707. The van der Waals surface area contributed by atoms with E-state index in [4.69, 9.17) is 21.7 Å². The highest BCUT2D eigenvalue weighted by molar-refractivity contribution is 7.80. The summed E-state index contributed by atoms with van der Waals surface area (Å²) in [5, 5.41) is 0.416. The Morgan fingerprint density at radius 1 is 1.22 bits per heavy atom. The van der Waals surface area contributed by atoms with Crippen LogP contribution in [0.1, 0.15) is 44.7 Å². The molecule has 2 saturated carbocycles. The van der Waals surface area contributed by atoms with E-state index in [1.54, 1.807) is 13.0 Å². The van der Waals surface area contributed by atoms with Crippen LogP contribution >= 0.6 is 12.2 Å². The lowest BCUT2D eigenvalue weighted by Crippen LogP contribution is -2.21. The summed E-state index contributed by atoms with van der Waals surface area (Å²) in [6.07, 6.45) is 12.6. The van der Waals surface area contributed by atoms with E-state index < -0.39 is 0 Å². The van der Waals surface area contributed by atoms with Gasteiger partial charge in [-0.2, -0.15) is 0 Å². The molecule has 5 heteroatoms. The van der Waals surface area contributed by atoms with Crippen molar-refractivity contribution in [3.8, 4) is 11.1 Å². The standard InChI is InChI=1S/C27H30FNO2S/c1-18(31-19(2)32)30-17-23-14-21-6-3-4-9-26(21)27(23)13-12-25-11-10-22(16-29-25)20-7-5-8-24(28)15-20/h5,7-8,10-13,15-16,21,23,26-27H,1,3-4,6,9,14,17H2,2H3/b13-12+/t21-,23-,26-,27-/m1/s1. The largest absolute Gasteiger partial charge is 0.465 e. The maximum Gasteiger partial charge on any atom is 0.277 e. The van der Waals surface area contributed by atoms with Gasteiger partial charge in [-0.15, -0.1) is 0 Å². The smallest absolute Gasteiger partial charge is 0.277 e. The first-order valence-corrected chi connectivity index (χ1v) is 11.8. The van der Waals surface area contributed by atoms with Gasteiger partial charge in [0.25, 0.3) is 5.95 Å². The van der Waals surface area contributed by atoms with Crippen molar-refractivity contribution >= 4 is 23.3 Å². The number of halogens is 1. The van der Waals surface area contributed by atoms with E-state index >= 15 is 0 Å². The van der Waals surface area contributed by atoms with Gasteiger partial charge in [0.15, 0.2) is 5.05 Å². The number of allylic oxidation sites excluding steroid dienone is 1. The topological polar surface area (TPSA) is 31.4 Å². The average molecular weight is 452 g/mol. The van der Waals surface area contributed by atoms with Crippen LogP contribution in [0.15, 0.2) is 61.2 Å². The molecular weight excluding hydrogens is 421 g/mol. The average Bonchev–Trinajstić information content (AvgIpc) is 3.14. The summed E-state index contributed by atoms with van der Waals surface area (Å²) in [6.45, 7) is 6.13. The molecule has 0 radical (unpaired) electrons. The predicted molar refractivity (Wildman–Crippen MR) is 130 cm³/mol. The maximum absolute atomic E-state index is 13.5. The molecular formula is C27H30FNO2S. The molecule has 2 aromatic rings. The quantitative estimate of drug-likeness (QED) is 0.329. The Balaban J connectivity index is 1.45. The third kappa shape index (κ3) is 5.63. The van der Waals surface area contributed by atoms with Gasteiger partial charge < -0.3 is 9.47 Å². The van der Waals surface area contributed by atoms with Crippen molar-refractivity contribution in [1.29, 1.82) is 0 Å². The minimum atomic E-state index is -0.239. The first-order valence-electron chi connectivity index (χ1n) is 11.4. The zero-order valence-electron chi connectivity index (χ0n) is 18.5. The third-order valence-electron chi connectivity index (χ3n) is 6.76. The summed E-state index contributed by atoms with van der Waals surface area (Å²) >= 11 is 4.97. The number of aromatic nitrogens is 1. The second-order valence-electron chi connectivity index (χ2n) is 8.90. The fourth-order valence-corrected chi connectivity index (χ4v) is 5.45. The van der Waals surface area contributed by atoms with Crippen molar-refractivity contribution in [2.24, 2.45) is 23.7 Å². The van der Waals surface area contributed by atoms with Gasteiger partial charge in [0.1, 0.15) is 5.82 Å². The van der Waals surface area contributed by atoms with Gasteiger partial charge in [-0.1, -0.05) is 43.5 Å². The highest BCUT2D eigenvalue weighted by Gasteiger charge is 2.42. The predicted octanol–water partition coefficient (Wildman–Crippen LogP) is 7.20. The Labute approximate surface area is 195 Å². The lowest BCUT2D eigenvalue weighted by atomic mass is 9.77. The molecule has 0 amide bonds. The van der Waals surface area contributed by atoms with E-state index in [1.165, 1.54) is 44.2 Å². The van der Waals surface area contributed by atoms with Gasteiger partial charge in [0, 0.05) is 18.7 Å². The van der Waals surface area contributed by atoms with E-state index in [0.29, 0.717) is 29.4 Å². The summed E-state index contributed by atoms with van der Waals surface area (Å²) in [7, 11) is 0. The number of nitrogens with zero attached hydrogens (tertiary/aromatic N) is 1. The van der Waals surface area contributed by atoms with E-state index in [1.807, 2.05) is 24.4 Å². The van der Waals surface area contributed by atoms with Crippen molar-refractivity contribution in [3.05, 3.63) is 72.7 Å². The summed E-state index contributed by atoms with van der Waals surface area (Å²) in [4.78, 5) is 4.59. The van der Waals surface area contributed by atoms with Gasteiger partial charge in [-0.05, 0) is 85.1 Å². The summed E-state index contributed by atoms with van der Waals surface area (Å²) in [5.74, 6) is 2.38. The number of ether oxygens (including phenoxy) is 2. The van der Waals surface area contributed by atoms with Gasteiger partial charge in [-0.3, -0.25) is 4.98 Å². The van der Waals surface area contributed by atoms with E-state index in [2.05, 4.69) is 23.7 Å². The van der Waals surface area contributed by atoms with Crippen LogP contribution in [0.3, 0.4) is 0 Å². The lowest BCUT2D eigenvalue weighted by Gasteiger charge is -2.28. The number of thiocarbonyl (C=S) groups is 1. The van der Waals surface area contributed by atoms with Crippen LogP contribution in [-0.4, -0.2) is 16.6 Å². The van der Waals surface area contributed by atoms with E-state index in [0.717, 1.165) is 22.7 Å². The molecule has 0 N–H and O–H groups in total. The fraction of sp³-hybridized carbons (Fsp3) is 0.407. The second-order valence-corrected chi connectivity index (χ2v) is 9.47. The minimum Gasteiger partial charge on any atom is -0.465 e. The number of hydrogen-bond donors (Lipinski definition) is 0. The van der Waals surface area contributed by atoms with Gasteiger partial charge in [0.05, 0.1) is 12.3 Å². The zero-order valence-corrected chi connectivity index (χ0v) is 19.3. The highest BCUT2D eigenvalue weighted by Crippen LogP contribution is 2.50. The number of benzene rings is 1. The fourth-order valence-electron chi connectivity index (χ4n) is 5.35. The summed E-state index contributed by atoms with van der Waals surface area (Å²) in [6, 6.07) is 10.6. The first-order chi connectivity index (χ1) is 15.5.